The zero-order chi connectivity index (χ0) is 8.01. The summed E-state index contributed by atoms with van der Waals surface area (Å²) in [5.41, 5.74) is -0.113. The van der Waals surface area contributed by atoms with Crippen LogP contribution in [0.25, 0.3) is 0 Å². The van der Waals surface area contributed by atoms with Crippen LogP contribution in [0.3, 0.4) is 0 Å². The van der Waals surface area contributed by atoms with Gasteiger partial charge in [0, 0.05) is 13.1 Å². The van der Waals surface area contributed by atoms with Gasteiger partial charge in [0.05, 0.1) is 0 Å². The van der Waals surface area contributed by atoms with E-state index in [-0.39, 0.29) is 5.69 Å². The molecule has 4 nitrogen and oxygen atoms in total. The smallest absolute Gasteiger partial charge is 0.263 e. The first-order valence-corrected chi connectivity index (χ1v) is 3.89. The van der Waals surface area contributed by atoms with E-state index in [2.05, 4.69) is 5.10 Å². The molecule has 1 aromatic heterocycles. The molecular weight excluding hydrogens is 166 g/mol. The molecule has 0 saturated heterocycles. The number of aromatic nitrogens is 3. The molecule has 0 aromatic carbocycles. The van der Waals surface area contributed by atoms with Crippen LogP contribution in [-0.4, -0.2) is 14.3 Å². The molecule has 0 aliphatic heterocycles. The summed E-state index contributed by atoms with van der Waals surface area (Å²) in [5, 5.41) is 4.11. The number of halogens is 1. The molecule has 60 valence electrons. The summed E-state index contributed by atoms with van der Waals surface area (Å²) < 4.78 is 2.81. The van der Waals surface area contributed by atoms with E-state index >= 15 is 0 Å². The van der Waals surface area contributed by atoms with E-state index in [1.165, 1.54) is 4.68 Å². The SMILES string of the molecule is Cn1nc(Cl)n(C2CC2)c1=O. The van der Waals surface area contributed by atoms with Gasteiger partial charge in [-0.15, -0.1) is 5.10 Å². The van der Waals surface area contributed by atoms with Crippen molar-refractivity contribution in [3.05, 3.63) is 15.8 Å². The summed E-state index contributed by atoms with van der Waals surface area (Å²) in [6.07, 6.45) is 2.09. The number of hydrogen-bond donors (Lipinski definition) is 0. The average molecular weight is 174 g/mol. The minimum absolute atomic E-state index is 0.113. The van der Waals surface area contributed by atoms with Gasteiger partial charge < -0.3 is 0 Å². The first-order valence-electron chi connectivity index (χ1n) is 3.51. The Morgan fingerprint density at radius 2 is 2.27 bits per heavy atom. The van der Waals surface area contributed by atoms with Crippen molar-refractivity contribution in [2.24, 2.45) is 7.05 Å². The van der Waals surface area contributed by atoms with Crippen molar-refractivity contribution in [3.8, 4) is 0 Å². The van der Waals surface area contributed by atoms with E-state index < -0.39 is 0 Å². The first kappa shape index (κ1) is 6.91. The maximum Gasteiger partial charge on any atom is 0.346 e. The summed E-state index contributed by atoms with van der Waals surface area (Å²) in [4.78, 5) is 11.2. The molecule has 0 amide bonds. The predicted octanol–water partition coefficient (Wildman–Crippen LogP) is 0.570. The molecule has 1 aromatic rings. The number of hydrogen-bond acceptors (Lipinski definition) is 2. The molecule has 1 fully saturated rings. The molecule has 0 spiro atoms. The number of nitrogens with zero attached hydrogens (tertiary/aromatic N) is 3. The van der Waals surface area contributed by atoms with Crippen LogP contribution in [0.4, 0.5) is 0 Å². The maximum atomic E-state index is 11.2. The van der Waals surface area contributed by atoms with Gasteiger partial charge in [0.2, 0.25) is 5.28 Å². The molecular formula is C6H8ClN3O. The third-order valence-electron chi connectivity index (χ3n) is 1.83. The third-order valence-corrected chi connectivity index (χ3v) is 2.08. The Kier molecular flexibility index (Phi) is 1.32. The topological polar surface area (TPSA) is 39.8 Å². The van der Waals surface area contributed by atoms with Gasteiger partial charge in [-0.1, -0.05) is 0 Å². The highest BCUT2D eigenvalue weighted by molar-refractivity contribution is 6.28. The lowest BCUT2D eigenvalue weighted by Gasteiger charge is -1.93. The van der Waals surface area contributed by atoms with Crippen molar-refractivity contribution in [1.29, 1.82) is 0 Å². The monoisotopic (exact) mass is 173 g/mol. The van der Waals surface area contributed by atoms with Gasteiger partial charge in [0.25, 0.3) is 0 Å². The van der Waals surface area contributed by atoms with E-state index in [9.17, 15) is 4.79 Å². The van der Waals surface area contributed by atoms with Crippen molar-refractivity contribution in [3.63, 3.8) is 0 Å². The predicted molar refractivity (Wildman–Crippen MR) is 40.7 cm³/mol. The van der Waals surface area contributed by atoms with E-state index in [0.717, 1.165) is 12.8 Å². The fourth-order valence-electron chi connectivity index (χ4n) is 1.09. The Balaban J connectivity index is 2.59. The molecule has 0 unspecified atom stereocenters. The van der Waals surface area contributed by atoms with Gasteiger partial charge in [-0.2, -0.15) is 0 Å². The number of rotatable bonds is 1. The molecule has 0 bridgehead atoms. The molecule has 2 rings (SSSR count). The Morgan fingerprint density at radius 1 is 1.64 bits per heavy atom. The zero-order valence-corrected chi connectivity index (χ0v) is 6.88. The Bertz CT molecular complexity index is 336. The van der Waals surface area contributed by atoms with Crippen molar-refractivity contribution in [2.75, 3.05) is 0 Å². The highest BCUT2D eigenvalue weighted by atomic mass is 35.5. The highest BCUT2D eigenvalue weighted by Crippen LogP contribution is 2.34. The van der Waals surface area contributed by atoms with E-state index in [4.69, 9.17) is 11.6 Å². The van der Waals surface area contributed by atoms with E-state index in [1.54, 1.807) is 11.6 Å². The van der Waals surface area contributed by atoms with Gasteiger partial charge in [0.15, 0.2) is 0 Å². The highest BCUT2D eigenvalue weighted by Gasteiger charge is 2.28. The van der Waals surface area contributed by atoms with Gasteiger partial charge in [-0.05, 0) is 24.4 Å². The first-order chi connectivity index (χ1) is 5.20. The summed E-state index contributed by atoms with van der Waals surface area (Å²) in [7, 11) is 1.60. The molecule has 1 saturated carbocycles. The summed E-state index contributed by atoms with van der Waals surface area (Å²) >= 11 is 5.72. The van der Waals surface area contributed by atoms with Gasteiger partial charge in [-0.25, -0.2) is 9.48 Å². The second-order valence-corrected chi connectivity index (χ2v) is 3.11. The molecule has 11 heavy (non-hydrogen) atoms. The number of aryl methyl sites for hydroxylation is 1. The standard InChI is InChI=1S/C6H8ClN3O/c1-9-6(11)10(4-2-3-4)5(7)8-9/h4H,2-3H2,1H3. The maximum absolute atomic E-state index is 11.2. The zero-order valence-electron chi connectivity index (χ0n) is 6.12. The lowest BCUT2D eigenvalue weighted by molar-refractivity contribution is 0.666. The fraction of sp³-hybridized carbons (Fsp3) is 0.667. The third kappa shape index (κ3) is 0.976. The Hall–Kier alpha value is -0.770. The van der Waals surface area contributed by atoms with Crippen LogP contribution in [0.2, 0.25) is 5.28 Å². The second-order valence-electron chi connectivity index (χ2n) is 2.78. The van der Waals surface area contributed by atoms with Crippen molar-refractivity contribution in [1.82, 2.24) is 14.3 Å². The molecule has 0 N–H and O–H groups in total. The molecule has 0 atom stereocenters. The van der Waals surface area contributed by atoms with Crippen LogP contribution in [0.15, 0.2) is 4.79 Å². The summed E-state index contributed by atoms with van der Waals surface area (Å²) in [5.74, 6) is 0. The van der Waals surface area contributed by atoms with E-state index in [0.29, 0.717) is 11.3 Å². The minimum Gasteiger partial charge on any atom is -0.263 e. The van der Waals surface area contributed by atoms with Crippen LogP contribution < -0.4 is 5.69 Å². The lowest BCUT2D eigenvalue weighted by atomic mass is 10.7. The normalized spacial score (nSPS) is 17.3. The van der Waals surface area contributed by atoms with Gasteiger partial charge in [-0.3, -0.25) is 4.57 Å². The Labute approximate surface area is 68.4 Å². The average Bonchev–Trinajstić information content (AvgIpc) is 2.68. The van der Waals surface area contributed by atoms with Crippen LogP contribution >= 0.6 is 11.6 Å². The summed E-state index contributed by atoms with van der Waals surface area (Å²) in [6, 6.07) is 0.309. The van der Waals surface area contributed by atoms with E-state index in [1.807, 2.05) is 0 Å². The Morgan fingerprint density at radius 3 is 2.64 bits per heavy atom. The quantitative estimate of drug-likeness (QED) is 0.623. The summed E-state index contributed by atoms with van der Waals surface area (Å²) in [6.45, 7) is 0. The van der Waals surface area contributed by atoms with Crippen LogP contribution in [0, 0.1) is 0 Å². The van der Waals surface area contributed by atoms with Gasteiger partial charge >= 0.3 is 5.69 Å². The van der Waals surface area contributed by atoms with Crippen LogP contribution in [0.5, 0.6) is 0 Å². The molecule has 1 aliphatic rings. The van der Waals surface area contributed by atoms with Crippen molar-refractivity contribution >= 4 is 11.6 Å². The minimum atomic E-state index is -0.113. The molecule has 0 radical (unpaired) electrons. The fourth-order valence-corrected chi connectivity index (χ4v) is 1.41. The lowest BCUT2D eigenvalue weighted by Crippen LogP contribution is -2.21. The van der Waals surface area contributed by atoms with Crippen molar-refractivity contribution < 1.29 is 0 Å². The van der Waals surface area contributed by atoms with Crippen molar-refractivity contribution in [2.45, 2.75) is 18.9 Å². The van der Waals surface area contributed by atoms with Gasteiger partial charge in [0.1, 0.15) is 0 Å². The van der Waals surface area contributed by atoms with Crippen LogP contribution in [-0.2, 0) is 7.05 Å². The molecule has 1 heterocycles. The second kappa shape index (κ2) is 2.11. The largest absolute Gasteiger partial charge is 0.346 e. The molecule has 1 aliphatic carbocycles. The van der Waals surface area contributed by atoms with Crippen LogP contribution in [0.1, 0.15) is 18.9 Å². The molecule has 5 heteroatoms.